The third kappa shape index (κ3) is 4.16. The van der Waals surface area contributed by atoms with Crippen molar-refractivity contribution in [1.82, 2.24) is 0 Å². The summed E-state index contributed by atoms with van der Waals surface area (Å²) in [6.45, 7) is 5.91. The zero-order valence-corrected chi connectivity index (χ0v) is 13.3. The Morgan fingerprint density at radius 3 is 2.17 bits per heavy atom. The number of hydrogen-bond acceptors (Lipinski definition) is 2. The molecule has 0 heterocycles. The second-order valence-corrected chi connectivity index (χ2v) is 5.61. The van der Waals surface area contributed by atoms with Crippen LogP contribution in [0.5, 0.6) is 0 Å². The van der Waals surface area contributed by atoms with Gasteiger partial charge in [-0.3, -0.25) is 9.59 Å². The highest BCUT2D eigenvalue weighted by molar-refractivity contribution is 6.43. The minimum atomic E-state index is -0.797. The number of aryl methyl sites for hydroxylation is 1. The molecule has 120 valence electrons. The van der Waals surface area contributed by atoms with Crippen LogP contribution in [0, 0.1) is 12.7 Å². The lowest BCUT2D eigenvalue weighted by molar-refractivity contribution is -0.133. The maximum absolute atomic E-state index is 12.8. The molecule has 2 rings (SSSR count). The van der Waals surface area contributed by atoms with Gasteiger partial charge in [-0.25, -0.2) is 4.39 Å². The monoisotopic (exact) mass is 314 g/mol. The van der Waals surface area contributed by atoms with Gasteiger partial charge >= 0.3 is 11.8 Å². The van der Waals surface area contributed by atoms with E-state index in [1.165, 1.54) is 24.3 Å². The van der Waals surface area contributed by atoms with E-state index in [1.54, 1.807) is 0 Å². The number of carbonyl (C=O) groups excluding carboxylic acids is 2. The number of para-hydroxylation sites is 1. The molecule has 0 fully saturated rings. The number of hydrogen-bond donors (Lipinski definition) is 2. The molecule has 0 aromatic heterocycles. The summed E-state index contributed by atoms with van der Waals surface area (Å²) in [6.07, 6.45) is 0. The van der Waals surface area contributed by atoms with E-state index in [9.17, 15) is 14.0 Å². The first-order valence-corrected chi connectivity index (χ1v) is 7.36. The summed E-state index contributed by atoms with van der Waals surface area (Å²) in [5.41, 5.74) is 2.87. The Morgan fingerprint density at radius 1 is 0.957 bits per heavy atom. The summed E-state index contributed by atoms with van der Waals surface area (Å²) in [5, 5.41) is 5.11. The van der Waals surface area contributed by atoms with E-state index in [4.69, 9.17) is 0 Å². The van der Waals surface area contributed by atoms with Crippen molar-refractivity contribution < 1.29 is 14.0 Å². The number of amides is 2. The van der Waals surface area contributed by atoms with Crippen LogP contribution >= 0.6 is 0 Å². The van der Waals surface area contributed by atoms with Crippen LogP contribution < -0.4 is 10.6 Å². The van der Waals surface area contributed by atoms with Crippen LogP contribution in [0.15, 0.2) is 42.5 Å². The van der Waals surface area contributed by atoms with Crippen molar-refractivity contribution in [3.8, 4) is 0 Å². The molecule has 5 heteroatoms. The summed E-state index contributed by atoms with van der Waals surface area (Å²) in [4.78, 5) is 24.1. The third-order valence-electron chi connectivity index (χ3n) is 3.47. The Hall–Kier alpha value is -2.69. The predicted molar refractivity (Wildman–Crippen MR) is 88.9 cm³/mol. The van der Waals surface area contributed by atoms with Crippen LogP contribution in [0.3, 0.4) is 0 Å². The quantitative estimate of drug-likeness (QED) is 0.846. The fourth-order valence-electron chi connectivity index (χ4n) is 2.23. The van der Waals surface area contributed by atoms with E-state index in [2.05, 4.69) is 10.6 Å². The molecule has 0 bridgehead atoms. The van der Waals surface area contributed by atoms with Gasteiger partial charge in [0, 0.05) is 11.4 Å². The summed E-state index contributed by atoms with van der Waals surface area (Å²) in [7, 11) is 0. The molecule has 2 amide bonds. The smallest absolute Gasteiger partial charge is 0.314 e. The molecule has 2 aromatic rings. The number of anilines is 2. The molecule has 4 nitrogen and oxygen atoms in total. The molecule has 2 aromatic carbocycles. The first-order chi connectivity index (χ1) is 10.9. The van der Waals surface area contributed by atoms with Gasteiger partial charge in [0.15, 0.2) is 0 Å². The molecule has 0 atom stereocenters. The standard InChI is InChI=1S/C18H19FN2O2/c1-11(2)15-6-4-5-12(3)16(15)21-18(23)17(22)20-14-9-7-13(19)8-10-14/h4-11H,1-3H3,(H,20,22)(H,21,23). The van der Waals surface area contributed by atoms with Crippen LogP contribution in [-0.2, 0) is 9.59 Å². The van der Waals surface area contributed by atoms with E-state index in [0.717, 1.165) is 11.1 Å². The lowest BCUT2D eigenvalue weighted by Gasteiger charge is -2.16. The topological polar surface area (TPSA) is 58.2 Å². The fourth-order valence-corrected chi connectivity index (χ4v) is 2.23. The van der Waals surface area contributed by atoms with Gasteiger partial charge in [-0.2, -0.15) is 0 Å². The van der Waals surface area contributed by atoms with Crippen LogP contribution in [-0.4, -0.2) is 11.8 Å². The van der Waals surface area contributed by atoms with Gasteiger partial charge in [-0.15, -0.1) is 0 Å². The second-order valence-electron chi connectivity index (χ2n) is 5.61. The molecule has 23 heavy (non-hydrogen) atoms. The lowest BCUT2D eigenvalue weighted by atomic mass is 9.98. The number of carbonyl (C=O) groups is 2. The summed E-state index contributed by atoms with van der Waals surface area (Å²) >= 11 is 0. The molecular weight excluding hydrogens is 295 g/mol. The van der Waals surface area contributed by atoms with Crippen LogP contribution in [0.25, 0.3) is 0 Å². The molecule has 0 saturated carbocycles. The van der Waals surface area contributed by atoms with Crippen molar-refractivity contribution in [2.45, 2.75) is 26.7 Å². The maximum atomic E-state index is 12.8. The molecule has 0 aliphatic rings. The molecule has 0 spiro atoms. The predicted octanol–water partition coefficient (Wildman–Crippen LogP) is 3.83. The van der Waals surface area contributed by atoms with Gasteiger partial charge < -0.3 is 10.6 Å². The van der Waals surface area contributed by atoms with E-state index < -0.39 is 17.6 Å². The van der Waals surface area contributed by atoms with E-state index in [-0.39, 0.29) is 5.92 Å². The van der Waals surface area contributed by atoms with Crippen molar-refractivity contribution >= 4 is 23.2 Å². The molecule has 2 N–H and O–H groups in total. The SMILES string of the molecule is Cc1cccc(C(C)C)c1NC(=O)C(=O)Nc1ccc(F)cc1. The Kier molecular flexibility index (Phi) is 5.11. The number of nitrogens with one attached hydrogen (secondary N) is 2. The van der Waals surface area contributed by atoms with Gasteiger partial charge in [0.25, 0.3) is 0 Å². The van der Waals surface area contributed by atoms with Crippen molar-refractivity contribution in [3.05, 3.63) is 59.4 Å². The average molecular weight is 314 g/mol. The largest absolute Gasteiger partial charge is 0.318 e. The van der Waals surface area contributed by atoms with Gasteiger partial charge in [-0.05, 0) is 48.2 Å². The summed E-state index contributed by atoms with van der Waals surface area (Å²) < 4.78 is 12.8. The molecule has 0 aliphatic heterocycles. The van der Waals surface area contributed by atoms with Crippen LogP contribution in [0.2, 0.25) is 0 Å². The second kappa shape index (κ2) is 7.05. The maximum Gasteiger partial charge on any atom is 0.314 e. The Balaban J connectivity index is 2.13. The van der Waals surface area contributed by atoms with Crippen molar-refractivity contribution in [2.24, 2.45) is 0 Å². The van der Waals surface area contributed by atoms with Gasteiger partial charge in [0.2, 0.25) is 0 Å². The first kappa shape index (κ1) is 16.7. The molecule has 0 saturated heterocycles. The zero-order valence-electron chi connectivity index (χ0n) is 13.3. The average Bonchev–Trinajstić information content (AvgIpc) is 2.51. The highest BCUT2D eigenvalue weighted by atomic mass is 19.1. The molecule has 0 radical (unpaired) electrons. The molecular formula is C18H19FN2O2. The van der Waals surface area contributed by atoms with Gasteiger partial charge in [0.05, 0.1) is 0 Å². The highest BCUT2D eigenvalue weighted by Gasteiger charge is 2.17. The third-order valence-corrected chi connectivity index (χ3v) is 3.47. The van der Waals surface area contributed by atoms with E-state index in [0.29, 0.717) is 11.4 Å². The fraction of sp³-hybridized carbons (Fsp3) is 0.222. The Labute approximate surface area is 134 Å². The van der Waals surface area contributed by atoms with Crippen LogP contribution in [0.1, 0.15) is 30.9 Å². The van der Waals surface area contributed by atoms with Crippen molar-refractivity contribution in [2.75, 3.05) is 10.6 Å². The summed E-state index contributed by atoms with van der Waals surface area (Å²) in [6, 6.07) is 10.9. The highest BCUT2D eigenvalue weighted by Crippen LogP contribution is 2.27. The number of halogens is 1. The number of rotatable bonds is 3. The minimum Gasteiger partial charge on any atom is -0.318 e. The Bertz CT molecular complexity index is 724. The minimum absolute atomic E-state index is 0.213. The Morgan fingerprint density at radius 2 is 1.57 bits per heavy atom. The van der Waals surface area contributed by atoms with E-state index >= 15 is 0 Å². The number of benzene rings is 2. The van der Waals surface area contributed by atoms with Gasteiger partial charge in [0.1, 0.15) is 5.82 Å². The van der Waals surface area contributed by atoms with Gasteiger partial charge in [-0.1, -0.05) is 32.0 Å². The van der Waals surface area contributed by atoms with Crippen molar-refractivity contribution in [3.63, 3.8) is 0 Å². The van der Waals surface area contributed by atoms with Crippen molar-refractivity contribution in [1.29, 1.82) is 0 Å². The molecule has 0 aliphatic carbocycles. The first-order valence-electron chi connectivity index (χ1n) is 7.36. The zero-order chi connectivity index (χ0) is 17.0. The normalized spacial score (nSPS) is 10.5. The van der Waals surface area contributed by atoms with E-state index in [1.807, 2.05) is 39.0 Å². The molecule has 0 unspecified atom stereocenters. The van der Waals surface area contributed by atoms with Crippen LogP contribution in [0.4, 0.5) is 15.8 Å². The lowest BCUT2D eigenvalue weighted by Crippen LogP contribution is -2.29. The summed E-state index contributed by atoms with van der Waals surface area (Å²) in [5.74, 6) is -1.75.